The summed E-state index contributed by atoms with van der Waals surface area (Å²) in [5.74, 6) is -0.0396. The third kappa shape index (κ3) is 5.16. The van der Waals surface area contributed by atoms with E-state index in [-0.39, 0.29) is 11.3 Å². The van der Waals surface area contributed by atoms with Gasteiger partial charge in [0.1, 0.15) is 0 Å². The first-order valence-corrected chi connectivity index (χ1v) is 5.64. The highest BCUT2D eigenvalue weighted by atomic mass is 35.5. The van der Waals surface area contributed by atoms with Crippen molar-refractivity contribution in [3.05, 3.63) is 0 Å². The molecule has 0 saturated heterocycles. The summed E-state index contributed by atoms with van der Waals surface area (Å²) in [4.78, 5) is 11.7. The quantitative estimate of drug-likeness (QED) is 0.701. The zero-order chi connectivity index (χ0) is 10.4. The van der Waals surface area contributed by atoms with Crippen LogP contribution in [0.25, 0.3) is 0 Å². The SMILES string of the molecule is CCN(CC(Cl)CCl)C(=O)C(Cl)Cl. The van der Waals surface area contributed by atoms with Crippen molar-refractivity contribution in [3.8, 4) is 0 Å². The van der Waals surface area contributed by atoms with Gasteiger partial charge in [-0.3, -0.25) is 4.79 Å². The fourth-order valence-electron chi connectivity index (χ4n) is 0.801. The molecule has 0 aliphatic carbocycles. The molecule has 1 atom stereocenters. The van der Waals surface area contributed by atoms with Crippen LogP contribution < -0.4 is 0 Å². The molecule has 78 valence electrons. The third-order valence-electron chi connectivity index (χ3n) is 1.47. The Hall–Kier alpha value is 0.630. The number of hydrogen-bond acceptors (Lipinski definition) is 1. The number of rotatable bonds is 5. The van der Waals surface area contributed by atoms with E-state index in [1.807, 2.05) is 6.92 Å². The highest BCUT2D eigenvalue weighted by Crippen LogP contribution is 2.09. The number of amides is 1. The predicted octanol–water partition coefficient (Wildman–Crippen LogP) is 2.48. The van der Waals surface area contributed by atoms with Gasteiger partial charge in [-0.05, 0) is 6.92 Å². The zero-order valence-corrected chi connectivity index (χ0v) is 10.2. The van der Waals surface area contributed by atoms with Crippen LogP contribution in [0.2, 0.25) is 0 Å². The molecule has 0 fully saturated rings. The summed E-state index contributed by atoms with van der Waals surface area (Å²) in [6.45, 7) is 2.72. The summed E-state index contributed by atoms with van der Waals surface area (Å²) in [6.07, 6.45) is 0. The van der Waals surface area contributed by atoms with E-state index in [1.54, 1.807) is 0 Å². The number of carbonyl (C=O) groups is 1. The van der Waals surface area contributed by atoms with Gasteiger partial charge in [-0.15, -0.1) is 23.2 Å². The van der Waals surface area contributed by atoms with Gasteiger partial charge in [-0.1, -0.05) is 23.2 Å². The van der Waals surface area contributed by atoms with E-state index in [4.69, 9.17) is 46.4 Å². The molecule has 0 heterocycles. The maximum Gasteiger partial charge on any atom is 0.255 e. The molecular formula is C7H11Cl4NO. The first-order chi connectivity index (χ1) is 6.02. The summed E-state index contributed by atoms with van der Waals surface area (Å²) in [6, 6.07) is 0. The largest absolute Gasteiger partial charge is 0.339 e. The molecule has 0 aromatic rings. The minimum atomic E-state index is -1.03. The summed E-state index contributed by atoms with van der Waals surface area (Å²) >= 11 is 22.1. The molecule has 0 saturated carbocycles. The molecule has 13 heavy (non-hydrogen) atoms. The van der Waals surface area contributed by atoms with Crippen molar-refractivity contribution in [2.24, 2.45) is 0 Å². The van der Waals surface area contributed by atoms with Crippen LogP contribution >= 0.6 is 46.4 Å². The molecular weight excluding hydrogens is 256 g/mol. The molecule has 0 aromatic heterocycles. The van der Waals surface area contributed by atoms with Crippen molar-refractivity contribution in [1.82, 2.24) is 4.90 Å². The lowest BCUT2D eigenvalue weighted by atomic mass is 10.4. The first-order valence-electron chi connectivity index (χ1n) is 3.79. The number of hydrogen-bond donors (Lipinski definition) is 0. The monoisotopic (exact) mass is 265 g/mol. The molecule has 0 spiro atoms. The summed E-state index contributed by atoms with van der Waals surface area (Å²) < 4.78 is 0. The van der Waals surface area contributed by atoms with E-state index >= 15 is 0 Å². The Morgan fingerprint density at radius 1 is 1.38 bits per heavy atom. The van der Waals surface area contributed by atoms with Crippen molar-refractivity contribution >= 4 is 52.3 Å². The van der Waals surface area contributed by atoms with Gasteiger partial charge in [0.05, 0.1) is 5.38 Å². The van der Waals surface area contributed by atoms with Crippen LogP contribution in [0.1, 0.15) is 6.92 Å². The lowest BCUT2D eigenvalue weighted by Gasteiger charge is -2.23. The Bertz CT molecular complexity index is 165. The minimum Gasteiger partial charge on any atom is -0.339 e. The number of nitrogens with zero attached hydrogens (tertiary/aromatic N) is 1. The fourth-order valence-corrected chi connectivity index (χ4v) is 1.34. The number of halogens is 4. The van der Waals surface area contributed by atoms with Crippen LogP contribution in [0.15, 0.2) is 0 Å². The van der Waals surface area contributed by atoms with Crippen LogP contribution in [-0.4, -0.2) is 40.0 Å². The van der Waals surface area contributed by atoms with Gasteiger partial charge in [0.2, 0.25) is 0 Å². The van der Waals surface area contributed by atoms with Crippen molar-refractivity contribution in [1.29, 1.82) is 0 Å². The molecule has 0 rings (SSSR count). The van der Waals surface area contributed by atoms with Crippen LogP contribution in [0, 0.1) is 0 Å². The van der Waals surface area contributed by atoms with Crippen molar-refractivity contribution < 1.29 is 4.79 Å². The maximum absolute atomic E-state index is 11.3. The molecule has 0 aliphatic rings. The summed E-state index contributed by atoms with van der Waals surface area (Å²) in [5, 5.41) is -0.266. The van der Waals surface area contributed by atoms with Crippen LogP contribution in [0.3, 0.4) is 0 Å². The number of carbonyl (C=O) groups excluding carboxylic acids is 1. The van der Waals surface area contributed by atoms with E-state index in [0.29, 0.717) is 19.0 Å². The summed E-state index contributed by atoms with van der Waals surface area (Å²) in [5.41, 5.74) is 0. The average Bonchev–Trinajstić information content (AvgIpc) is 2.12. The average molecular weight is 267 g/mol. The normalized spacial score (nSPS) is 13.1. The molecule has 1 unspecified atom stereocenters. The van der Waals surface area contributed by atoms with E-state index in [1.165, 1.54) is 4.90 Å². The Kier molecular flexibility index (Phi) is 7.33. The second-order valence-corrected chi connectivity index (χ2v) is 4.45. The molecule has 2 nitrogen and oxygen atoms in total. The van der Waals surface area contributed by atoms with Crippen LogP contribution in [-0.2, 0) is 4.79 Å². The van der Waals surface area contributed by atoms with Gasteiger partial charge in [-0.25, -0.2) is 0 Å². The third-order valence-corrected chi connectivity index (χ3v) is 2.66. The molecule has 0 radical (unpaired) electrons. The van der Waals surface area contributed by atoms with E-state index < -0.39 is 4.84 Å². The Morgan fingerprint density at radius 2 is 1.92 bits per heavy atom. The summed E-state index contributed by atoms with van der Waals surface area (Å²) in [7, 11) is 0. The van der Waals surface area contributed by atoms with E-state index in [0.717, 1.165) is 0 Å². The van der Waals surface area contributed by atoms with Gasteiger partial charge in [-0.2, -0.15) is 0 Å². The molecule has 6 heteroatoms. The maximum atomic E-state index is 11.3. The van der Waals surface area contributed by atoms with Gasteiger partial charge in [0, 0.05) is 19.0 Å². The molecule has 0 bridgehead atoms. The lowest BCUT2D eigenvalue weighted by Crippen LogP contribution is -2.39. The molecule has 0 aromatic carbocycles. The van der Waals surface area contributed by atoms with Gasteiger partial charge < -0.3 is 4.90 Å². The zero-order valence-electron chi connectivity index (χ0n) is 7.14. The van der Waals surface area contributed by atoms with Crippen molar-refractivity contribution in [2.75, 3.05) is 19.0 Å². The van der Waals surface area contributed by atoms with Gasteiger partial charge in [0.15, 0.2) is 4.84 Å². The predicted molar refractivity (Wildman–Crippen MR) is 58.1 cm³/mol. The van der Waals surface area contributed by atoms with Gasteiger partial charge >= 0.3 is 0 Å². The second kappa shape index (κ2) is 6.99. The molecule has 0 N–H and O–H groups in total. The highest BCUT2D eigenvalue weighted by Gasteiger charge is 2.20. The Balaban J connectivity index is 4.10. The molecule has 1 amide bonds. The van der Waals surface area contributed by atoms with Crippen molar-refractivity contribution in [3.63, 3.8) is 0 Å². The van der Waals surface area contributed by atoms with Crippen LogP contribution in [0.5, 0.6) is 0 Å². The van der Waals surface area contributed by atoms with Crippen molar-refractivity contribution in [2.45, 2.75) is 17.1 Å². The topological polar surface area (TPSA) is 20.3 Å². The highest BCUT2D eigenvalue weighted by molar-refractivity contribution is 6.53. The number of alkyl halides is 4. The minimum absolute atomic E-state index is 0.266. The van der Waals surface area contributed by atoms with E-state index in [2.05, 4.69) is 0 Å². The van der Waals surface area contributed by atoms with Crippen LogP contribution in [0.4, 0.5) is 0 Å². The smallest absolute Gasteiger partial charge is 0.255 e. The van der Waals surface area contributed by atoms with E-state index in [9.17, 15) is 4.79 Å². The first kappa shape index (κ1) is 13.6. The Labute approximate surface area is 98.1 Å². The second-order valence-electron chi connectivity index (χ2n) is 2.43. The Morgan fingerprint density at radius 3 is 2.23 bits per heavy atom. The standard InChI is InChI=1S/C7H11Cl4NO/c1-2-12(4-5(9)3-8)7(13)6(10)11/h5-6H,2-4H2,1H3. The fraction of sp³-hybridized carbons (Fsp3) is 0.857. The lowest BCUT2D eigenvalue weighted by molar-refractivity contribution is -0.129. The molecule has 0 aliphatic heterocycles. The van der Waals surface area contributed by atoms with Gasteiger partial charge in [0.25, 0.3) is 5.91 Å².